The molecule has 0 radical (unpaired) electrons. The fourth-order valence-electron chi connectivity index (χ4n) is 2.51. The molecule has 1 aliphatic rings. The van der Waals surface area contributed by atoms with Crippen molar-refractivity contribution in [1.29, 1.82) is 0 Å². The maximum Gasteiger partial charge on any atom is 0.412 e. The van der Waals surface area contributed by atoms with Crippen LogP contribution in [0, 0.1) is 0 Å². The van der Waals surface area contributed by atoms with Crippen molar-refractivity contribution < 1.29 is 19.4 Å². The van der Waals surface area contributed by atoms with Crippen LogP contribution < -0.4 is 0 Å². The van der Waals surface area contributed by atoms with Crippen molar-refractivity contribution in [2.45, 2.75) is 77.5 Å². The Morgan fingerprint density at radius 3 is 2.50 bits per heavy atom. The van der Waals surface area contributed by atoms with Crippen LogP contribution in [0.5, 0.6) is 0 Å². The minimum Gasteiger partial charge on any atom is -0.444 e. The van der Waals surface area contributed by atoms with E-state index in [1.165, 1.54) is 0 Å². The van der Waals surface area contributed by atoms with E-state index in [-0.39, 0.29) is 6.04 Å². The van der Waals surface area contributed by atoms with E-state index < -0.39 is 29.6 Å². The van der Waals surface area contributed by atoms with Gasteiger partial charge in [0.25, 0.3) is 0 Å². The molecule has 1 aliphatic heterocycles. The molecule has 1 fully saturated rings. The predicted molar refractivity (Wildman–Crippen MR) is 77.3 cm³/mol. The van der Waals surface area contributed by atoms with Crippen LogP contribution in [0.3, 0.4) is 0 Å². The number of amides is 1. The van der Waals surface area contributed by atoms with Crippen molar-refractivity contribution in [2.75, 3.05) is 0 Å². The van der Waals surface area contributed by atoms with Gasteiger partial charge >= 0.3 is 6.09 Å². The summed E-state index contributed by atoms with van der Waals surface area (Å²) < 4.78 is 11.3. The molecule has 0 aromatic heterocycles. The lowest BCUT2D eigenvalue weighted by Crippen LogP contribution is -2.50. The molecule has 20 heavy (non-hydrogen) atoms. The Labute approximate surface area is 121 Å². The van der Waals surface area contributed by atoms with Gasteiger partial charge in [-0.25, -0.2) is 4.79 Å². The number of aliphatic hydroxyl groups excluding tert-OH is 1. The van der Waals surface area contributed by atoms with Gasteiger partial charge in [0, 0.05) is 0 Å². The number of ether oxygens (including phenoxy) is 2. The first-order valence-electron chi connectivity index (χ1n) is 6.98. The molecule has 5 heteroatoms. The Morgan fingerprint density at radius 1 is 1.55 bits per heavy atom. The smallest absolute Gasteiger partial charge is 0.412 e. The van der Waals surface area contributed by atoms with E-state index in [4.69, 9.17) is 9.47 Å². The molecule has 5 nitrogen and oxygen atoms in total. The number of hydrogen-bond acceptors (Lipinski definition) is 4. The quantitative estimate of drug-likeness (QED) is 0.810. The number of rotatable bonds is 3. The second-order valence-corrected chi connectivity index (χ2v) is 6.71. The van der Waals surface area contributed by atoms with Gasteiger partial charge in [-0.15, -0.1) is 6.58 Å². The highest BCUT2D eigenvalue weighted by atomic mass is 16.6. The summed E-state index contributed by atoms with van der Waals surface area (Å²) in [6, 6.07) is -0.280. The molecule has 1 heterocycles. The van der Waals surface area contributed by atoms with Crippen molar-refractivity contribution in [1.82, 2.24) is 4.90 Å². The third-order valence-corrected chi connectivity index (χ3v) is 3.19. The number of hydrogen-bond donors (Lipinski definition) is 1. The largest absolute Gasteiger partial charge is 0.444 e. The Hall–Kier alpha value is -1.07. The molecule has 1 amide bonds. The number of aliphatic hydroxyl groups is 1. The van der Waals surface area contributed by atoms with E-state index in [1.807, 2.05) is 20.8 Å². The van der Waals surface area contributed by atoms with Crippen LogP contribution in [-0.2, 0) is 9.47 Å². The normalized spacial score (nSPS) is 27.2. The van der Waals surface area contributed by atoms with E-state index >= 15 is 0 Å². The summed E-state index contributed by atoms with van der Waals surface area (Å²) in [7, 11) is 0. The second-order valence-electron chi connectivity index (χ2n) is 6.71. The van der Waals surface area contributed by atoms with Crippen LogP contribution in [0.15, 0.2) is 12.7 Å². The first-order valence-corrected chi connectivity index (χ1v) is 6.98. The van der Waals surface area contributed by atoms with Gasteiger partial charge < -0.3 is 14.6 Å². The maximum atomic E-state index is 12.4. The topological polar surface area (TPSA) is 59.0 Å². The fourth-order valence-corrected chi connectivity index (χ4v) is 2.51. The number of nitrogens with zero attached hydrogens (tertiary/aromatic N) is 1. The zero-order chi connectivity index (χ0) is 15.7. The van der Waals surface area contributed by atoms with Gasteiger partial charge in [0.2, 0.25) is 0 Å². The van der Waals surface area contributed by atoms with Crippen LogP contribution >= 0.6 is 0 Å². The summed E-state index contributed by atoms with van der Waals surface area (Å²) >= 11 is 0. The summed E-state index contributed by atoms with van der Waals surface area (Å²) in [4.78, 5) is 14.0. The summed E-state index contributed by atoms with van der Waals surface area (Å²) in [6.07, 6.45) is 0.708. The van der Waals surface area contributed by atoms with Gasteiger partial charge in [0.1, 0.15) is 17.4 Å². The van der Waals surface area contributed by atoms with Crippen molar-refractivity contribution in [2.24, 2.45) is 0 Å². The van der Waals surface area contributed by atoms with Crippen LogP contribution in [0.2, 0.25) is 0 Å². The molecule has 0 aromatic carbocycles. The average Bonchev–Trinajstić information content (AvgIpc) is 2.48. The average molecular weight is 285 g/mol. The Balaban J connectivity index is 3.05. The lowest BCUT2D eigenvalue weighted by atomic mass is 10.0. The third kappa shape index (κ3) is 3.73. The summed E-state index contributed by atoms with van der Waals surface area (Å²) in [5, 5.41) is 9.88. The monoisotopic (exact) mass is 285 g/mol. The molecule has 116 valence electrons. The Bertz CT molecular complexity index is 371. The second kappa shape index (κ2) is 5.74. The van der Waals surface area contributed by atoms with Crippen molar-refractivity contribution in [3.63, 3.8) is 0 Å². The molecule has 0 spiro atoms. The van der Waals surface area contributed by atoms with Crippen LogP contribution in [-0.4, -0.2) is 45.7 Å². The van der Waals surface area contributed by atoms with E-state index in [1.54, 1.807) is 31.7 Å². The lowest BCUT2D eigenvalue weighted by Gasteiger charge is -2.35. The molecule has 1 saturated heterocycles. The van der Waals surface area contributed by atoms with E-state index in [0.29, 0.717) is 6.42 Å². The standard InChI is InChI=1S/C15H27NO4/c1-8-9-11-12(10(2)17)19-15(6,7)16(11)13(18)20-14(3,4)5/h8,10-12,17H,1,9H2,2-7H3/t10-,11+,12-/m0/s1. The van der Waals surface area contributed by atoms with Crippen molar-refractivity contribution >= 4 is 6.09 Å². The summed E-state index contributed by atoms with van der Waals surface area (Å²) in [5.41, 5.74) is -1.40. The molecule has 1 N–H and O–H groups in total. The molecular weight excluding hydrogens is 258 g/mol. The molecule has 0 bridgehead atoms. The molecule has 0 unspecified atom stereocenters. The minimum absolute atomic E-state index is 0.280. The highest BCUT2D eigenvalue weighted by Crippen LogP contribution is 2.36. The van der Waals surface area contributed by atoms with E-state index in [0.717, 1.165) is 0 Å². The zero-order valence-corrected chi connectivity index (χ0v) is 13.3. The van der Waals surface area contributed by atoms with Gasteiger partial charge in [0.05, 0.1) is 12.1 Å². The number of carbonyl (C=O) groups excluding carboxylic acids is 1. The fraction of sp³-hybridized carbons (Fsp3) is 0.800. The molecule has 3 atom stereocenters. The minimum atomic E-state index is -0.822. The Kier molecular flexibility index (Phi) is 4.87. The zero-order valence-electron chi connectivity index (χ0n) is 13.3. The SMILES string of the molecule is C=CC[C@@H]1[C@H]([C@H](C)O)OC(C)(C)N1C(=O)OC(C)(C)C. The van der Waals surface area contributed by atoms with Crippen molar-refractivity contribution in [3.8, 4) is 0 Å². The van der Waals surface area contributed by atoms with E-state index in [9.17, 15) is 9.90 Å². The van der Waals surface area contributed by atoms with Crippen LogP contribution in [0.4, 0.5) is 4.79 Å². The number of carbonyl (C=O) groups is 1. The first kappa shape index (κ1) is 17.0. The van der Waals surface area contributed by atoms with Gasteiger partial charge in [-0.3, -0.25) is 4.90 Å². The third-order valence-electron chi connectivity index (χ3n) is 3.19. The van der Waals surface area contributed by atoms with Crippen LogP contribution in [0.25, 0.3) is 0 Å². The molecule has 0 aromatic rings. The van der Waals surface area contributed by atoms with Gasteiger partial charge in [-0.2, -0.15) is 0 Å². The van der Waals surface area contributed by atoms with Gasteiger partial charge in [-0.05, 0) is 48.0 Å². The molecule has 1 rings (SSSR count). The molecule has 0 aliphatic carbocycles. The lowest BCUT2D eigenvalue weighted by molar-refractivity contribution is -0.1000. The Morgan fingerprint density at radius 2 is 2.10 bits per heavy atom. The van der Waals surface area contributed by atoms with E-state index in [2.05, 4.69) is 6.58 Å². The van der Waals surface area contributed by atoms with Gasteiger partial charge in [0.15, 0.2) is 0 Å². The van der Waals surface area contributed by atoms with Crippen LogP contribution in [0.1, 0.15) is 48.0 Å². The van der Waals surface area contributed by atoms with Gasteiger partial charge in [-0.1, -0.05) is 6.08 Å². The summed E-state index contributed by atoms with van der Waals surface area (Å²) in [5.74, 6) is 0. The predicted octanol–water partition coefficient (Wildman–Crippen LogP) is 2.68. The maximum absolute atomic E-state index is 12.4. The molecular formula is C15H27NO4. The first-order chi connectivity index (χ1) is 8.99. The highest BCUT2D eigenvalue weighted by molar-refractivity contribution is 5.70. The summed E-state index contributed by atoms with van der Waals surface area (Å²) in [6.45, 7) is 14.5. The highest BCUT2D eigenvalue weighted by Gasteiger charge is 2.51. The molecule has 0 saturated carbocycles. The van der Waals surface area contributed by atoms with Crippen molar-refractivity contribution in [3.05, 3.63) is 12.7 Å².